The molecule has 0 aromatic heterocycles. The maximum absolute atomic E-state index is 12.5. The van der Waals surface area contributed by atoms with Gasteiger partial charge in [-0.2, -0.15) is 13.2 Å². The predicted octanol–water partition coefficient (Wildman–Crippen LogP) is 4.39. The van der Waals surface area contributed by atoms with Crippen molar-refractivity contribution in [1.29, 1.82) is 0 Å². The highest BCUT2D eigenvalue weighted by molar-refractivity contribution is 6.08. The summed E-state index contributed by atoms with van der Waals surface area (Å²) in [5.41, 5.74) is -0.0108. The molecule has 0 N–H and O–H groups in total. The van der Waals surface area contributed by atoms with Gasteiger partial charge in [-0.1, -0.05) is 18.2 Å². The zero-order chi connectivity index (χ0) is 13.2. The van der Waals surface area contributed by atoms with Gasteiger partial charge < -0.3 is 0 Å². The van der Waals surface area contributed by atoms with E-state index in [0.717, 1.165) is 31.4 Å². The summed E-state index contributed by atoms with van der Waals surface area (Å²) in [5.74, 6) is -0.277. The van der Waals surface area contributed by atoms with E-state index in [9.17, 15) is 18.0 Å². The number of halogens is 3. The summed E-state index contributed by atoms with van der Waals surface area (Å²) < 4.78 is 37.6. The lowest BCUT2D eigenvalue weighted by atomic mass is 9.92. The van der Waals surface area contributed by atoms with Gasteiger partial charge in [-0.3, -0.25) is 4.79 Å². The molecule has 0 amide bonds. The molecule has 0 fully saturated rings. The van der Waals surface area contributed by atoms with Crippen LogP contribution in [0.1, 0.15) is 41.6 Å². The Morgan fingerprint density at radius 3 is 2.56 bits per heavy atom. The molecule has 1 aromatic rings. The Balaban J connectivity index is 2.28. The van der Waals surface area contributed by atoms with Crippen molar-refractivity contribution in [1.82, 2.24) is 0 Å². The van der Waals surface area contributed by atoms with E-state index in [0.29, 0.717) is 12.0 Å². The maximum atomic E-state index is 12.5. The van der Waals surface area contributed by atoms with Crippen molar-refractivity contribution in [3.8, 4) is 0 Å². The van der Waals surface area contributed by atoms with E-state index >= 15 is 0 Å². The van der Waals surface area contributed by atoms with Crippen molar-refractivity contribution in [2.24, 2.45) is 0 Å². The number of benzene rings is 1. The van der Waals surface area contributed by atoms with Crippen molar-refractivity contribution < 1.29 is 18.0 Å². The Kier molecular flexibility index (Phi) is 3.55. The average molecular weight is 254 g/mol. The second-order valence-electron chi connectivity index (χ2n) is 4.38. The van der Waals surface area contributed by atoms with Crippen LogP contribution in [-0.4, -0.2) is 5.78 Å². The predicted molar refractivity (Wildman–Crippen MR) is 62.3 cm³/mol. The van der Waals surface area contributed by atoms with Gasteiger partial charge >= 0.3 is 6.18 Å². The average Bonchev–Trinajstić information content (AvgIpc) is 2.38. The standard InChI is InChI=1S/C14H13F3O/c15-14(16,17)12-8-4-7-11(9-12)13(18)10-5-2-1-3-6-10/h4-5,7-9H,1-3,6H2. The van der Waals surface area contributed by atoms with Gasteiger partial charge in [-0.05, 0) is 43.4 Å². The molecule has 0 radical (unpaired) electrons. The molecule has 0 bridgehead atoms. The Morgan fingerprint density at radius 1 is 1.17 bits per heavy atom. The van der Waals surface area contributed by atoms with Crippen LogP contribution in [0.5, 0.6) is 0 Å². The highest BCUT2D eigenvalue weighted by Crippen LogP contribution is 2.30. The third kappa shape index (κ3) is 2.81. The molecule has 0 spiro atoms. The third-order valence-corrected chi connectivity index (χ3v) is 3.03. The van der Waals surface area contributed by atoms with E-state index in [1.165, 1.54) is 12.1 Å². The van der Waals surface area contributed by atoms with E-state index < -0.39 is 11.7 Å². The molecule has 1 nitrogen and oxygen atoms in total. The zero-order valence-electron chi connectivity index (χ0n) is 9.76. The van der Waals surface area contributed by atoms with Gasteiger partial charge in [0.25, 0.3) is 0 Å². The number of rotatable bonds is 2. The molecule has 0 atom stereocenters. The molecule has 0 saturated heterocycles. The Morgan fingerprint density at radius 2 is 1.94 bits per heavy atom. The number of ketones is 1. The first-order valence-corrected chi connectivity index (χ1v) is 5.89. The van der Waals surface area contributed by atoms with Gasteiger partial charge in [-0.25, -0.2) is 0 Å². The number of hydrogen-bond acceptors (Lipinski definition) is 1. The normalized spacial score (nSPS) is 16.3. The lowest BCUT2D eigenvalue weighted by Crippen LogP contribution is -2.10. The quantitative estimate of drug-likeness (QED) is 0.715. The number of carbonyl (C=O) groups excluding carboxylic acids is 1. The molecule has 96 valence electrons. The van der Waals surface area contributed by atoms with Crippen LogP contribution in [0.25, 0.3) is 0 Å². The fourth-order valence-corrected chi connectivity index (χ4v) is 2.07. The summed E-state index contributed by atoms with van der Waals surface area (Å²) >= 11 is 0. The van der Waals surface area contributed by atoms with E-state index in [-0.39, 0.29) is 11.3 Å². The van der Waals surface area contributed by atoms with Crippen LogP contribution in [-0.2, 0) is 6.18 Å². The van der Waals surface area contributed by atoms with Crippen LogP contribution in [0.4, 0.5) is 13.2 Å². The highest BCUT2D eigenvalue weighted by Gasteiger charge is 2.31. The van der Waals surface area contributed by atoms with Crippen LogP contribution in [0.2, 0.25) is 0 Å². The maximum Gasteiger partial charge on any atom is 0.416 e. The number of Topliss-reactive ketones (excluding diaryl/α,β-unsaturated/α-hetero) is 1. The summed E-state index contributed by atoms with van der Waals surface area (Å²) in [6.45, 7) is 0. The van der Waals surface area contributed by atoms with Gasteiger partial charge in [0.05, 0.1) is 5.56 Å². The fraction of sp³-hybridized carbons (Fsp3) is 0.357. The minimum atomic E-state index is -4.41. The van der Waals surface area contributed by atoms with Crippen LogP contribution in [0.15, 0.2) is 35.9 Å². The Labute approximate surface area is 103 Å². The SMILES string of the molecule is O=C(C1=CCCCC1)c1cccc(C(F)(F)F)c1. The molecular formula is C14H13F3O. The minimum absolute atomic E-state index is 0.123. The number of hydrogen-bond donors (Lipinski definition) is 0. The van der Waals surface area contributed by atoms with Gasteiger partial charge in [0, 0.05) is 5.56 Å². The van der Waals surface area contributed by atoms with Crippen molar-refractivity contribution in [3.63, 3.8) is 0 Å². The first kappa shape index (κ1) is 12.9. The van der Waals surface area contributed by atoms with Gasteiger partial charge in [0.1, 0.15) is 0 Å². The minimum Gasteiger partial charge on any atom is -0.289 e. The molecule has 0 saturated carbocycles. The smallest absolute Gasteiger partial charge is 0.289 e. The van der Waals surface area contributed by atoms with Crippen LogP contribution in [0, 0.1) is 0 Å². The summed E-state index contributed by atoms with van der Waals surface area (Å²) in [7, 11) is 0. The molecule has 0 unspecified atom stereocenters. The topological polar surface area (TPSA) is 17.1 Å². The van der Waals surface area contributed by atoms with Crippen LogP contribution in [0.3, 0.4) is 0 Å². The lowest BCUT2D eigenvalue weighted by molar-refractivity contribution is -0.137. The summed E-state index contributed by atoms with van der Waals surface area (Å²) in [6.07, 6.45) is 0.897. The summed E-state index contributed by atoms with van der Waals surface area (Å²) in [4.78, 5) is 12.0. The van der Waals surface area contributed by atoms with Crippen LogP contribution < -0.4 is 0 Å². The van der Waals surface area contributed by atoms with E-state index in [2.05, 4.69) is 0 Å². The first-order chi connectivity index (χ1) is 8.48. The monoisotopic (exact) mass is 254 g/mol. The van der Waals surface area contributed by atoms with E-state index in [1.807, 2.05) is 6.08 Å². The lowest BCUT2D eigenvalue weighted by Gasteiger charge is -2.13. The molecule has 1 aromatic carbocycles. The Hall–Kier alpha value is -1.58. The van der Waals surface area contributed by atoms with Crippen molar-refractivity contribution in [3.05, 3.63) is 47.0 Å². The van der Waals surface area contributed by atoms with Crippen molar-refractivity contribution in [2.75, 3.05) is 0 Å². The number of alkyl halides is 3. The van der Waals surface area contributed by atoms with Gasteiger partial charge in [0.15, 0.2) is 5.78 Å². The molecule has 18 heavy (non-hydrogen) atoms. The van der Waals surface area contributed by atoms with E-state index in [4.69, 9.17) is 0 Å². The summed E-state index contributed by atoms with van der Waals surface area (Å²) in [6, 6.07) is 4.62. The summed E-state index contributed by atoms with van der Waals surface area (Å²) in [5, 5.41) is 0. The van der Waals surface area contributed by atoms with Crippen molar-refractivity contribution in [2.45, 2.75) is 31.9 Å². The second-order valence-corrected chi connectivity index (χ2v) is 4.38. The molecule has 0 aliphatic heterocycles. The Bertz CT molecular complexity index is 486. The van der Waals surface area contributed by atoms with E-state index in [1.54, 1.807) is 0 Å². The van der Waals surface area contributed by atoms with Gasteiger partial charge in [-0.15, -0.1) is 0 Å². The number of carbonyl (C=O) groups is 1. The van der Waals surface area contributed by atoms with Crippen molar-refractivity contribution >= 4 is 5.78 Å². The molecular weight excluding hydrogens is 241 g/mol. The van der Waals surface area contributed by atoms with Crippen LogP contribution >= 0.6 is 0 Å². The second kappa shape index (κ2) is 4.96. The largest absolute Gasteiger partial charge is 0.416 e. The zero-order valence-corrected chi connectivity index (χ0v) is 9.76. The number of allylic oxidation sites excluding steroid dienone is 2. The van der Waals surface area contributed by atoms with Gasteiger partial charge in [0.2, 0.25) is 0 Å². The molecule has 0 heterocycles. The molecule has 1 aliphatic carbocycles. The molecule has 4 heteroatoms. The fourth-order valence-electron chi connectivity index (χ4n) is 2.07. The molecule has 2 rings (SSSR count). The third-order valence-electron chi connectivity index (χ3n) is 3.03. The highest BCUT2D eigenvalue weighted by atomic mass is 19.4. The molecule has 1 aliphatic rings. The first-order valence-electron chi connectivity index (χ1n) is 5.89.